The van der Waals surface area contributed by atoms with Gasteiger partial charge in [0.1, 0.15) is 0 Å². The third-order valence-corrected chi connectivity index (χ3v) is 7.00. The van der Waals surface area contributed by atoms with Gasteiger partial charge in [-0.1, -0.05) is 25.5 Å². The summed E-state index contributed by atoms with van der Waals surface area (Å²) in [6.45, 7) is 2.36. The van der Waals surface area contributed by atoms with Crippen molar-refractivity contribution < 1.29 is 19.1 Å². The lowest BCUT2D eigenvalue weighted by Crippen LogP contribution is -2.62. The minimum atomic E-state index is -0.619. The maximum absolute atomic E-state index is 12.5. The van der Waals surface area contributed by atoms with Gasteiger partial charge in [0.25, 0.3) is 5.91 Å². The van der Waals surface area contributed by atoms with E-state index in [1.54, 1.807) is 12.1 Å². The van der Waals surface area contributed by atoms with E-state index in [2.05, 4.69) is 22.9 Å². The van der Waals surface area contributed by atoms with Crippen LogP contribution in [0.1, 0.15) is 68.6 Å². The lowest BCUT2D eigenvalue weighted by molar-refractivity contribution is -0.123. The van der Waals surface area contributed by atoms with Crippen molar-refractivity contribution in [2.75, 3.05) is 18.5 Å². The number of hydrogen-bond acceptors (Lipinski definition) is 5. The van der Waals surface area contributed by atoms with E-state index in [9.17, 15) is 14.4 Å². The van der Waals surface area contributed by atoms with Gasteiger partial charge in [-0.05, 0) is 74.8 Å². The second-order valence-electron chi connectivity index (χ2n) is 9.60. The Bertz CT molecular complexity index is 803. The van der Waals surface area contributed by atoms with Gasteiger partial charge in [-0.2, -0.15) is 0 Å². The number of hydrogen-bond donors (Lipinski definition) is 3. The van der Waals surface area contributed by atoms with E-state index in [0.29, 0.717) is 29.0 Å². The van der Waals surface area contributed by atoms with E-state index in [1.165, 1.54) is 19.3 Å². The van der Waals surface area contributed by atoms with E-state index < -0.39 is 24.5 Å². The van der Waals surface area contributed by atoms with Gasteiger partial charge in [0.15, 0.2) is 6.61 Å². The average Bonchev–Trinajstić information content (AvgIpc) is 2.71. The summed E-state index contributed by atoms with van der Waals surface area (Å²) in [6, 6.07) is 6.58. The van der Waals surface area contributed by atoms with E-state index >= 15 is 0 Å². The van der Waals surface area contributed by atoms with E-state index in [4.69, 9.17) is 4.74 Å². The first-order valence-corrected chi connectivity index (χ1v) is 11.6. The molecule has 3 amide bonds. The normalized spacial score (nSPS) is 28.1. The van der Waals surface area contributed by atoms with Crippen molar-refractivity contribution in [1.29, 1.82) is 0 Å². The number of ether oxygens (including phenoxy) is 1. The number of anilines is 1. The average molecular weight is 428 g/mol. The summed E-state index contributed by atoms with van der Waals surface area (Å²) in [6.07, 6.45) is 8.92. The van der Waals surface area contributed by atoms with Crippen LogP contribution < -0.4 is 16.0 Å². The van der Waals surface area contributed by atoms with Gasteiger partial charge in [-0.15, -0.1) is 0 Å². The molecule has 0 aromatic heterocycles. The highest BCUT2D eigenvalue weighted by molar-refractivity contribution is 5.99. The largest absolute Gasteiger partial charge is 0.452 e. The van der Waals surface area contributed by atoms with Crippen molar-refractivity contribution in [3.63, 3.8) is 0 Å². The van der Waals surface area contributed by atoms with E-state index in [-0.39, 0.29) is 5.54 Å². The fourth-order valence-corrected chi connectivity index (χ4v) is 6.12. The number of unbranched alkanes of at least 4 members (excludes halogenated alkanes) is 1. The Morgan fingerprint density at radius 3 is 2.32 bits per heavy atom. The zero-order valence-electron chi connectivity index (χ0n) is 18.2. The third kappa shape index (κ3) is 5.20. The predicted molar refractivity (Wildman–Crippen MR) is 118 cm³/mol. The summed E-state index contributed by atoms with van der Waals surface area (Å²) in [4.78, 5) is 37.1. The van der Waals surface area contributed by atoms with Crippen molar-refractivity contribution in [2.24, 2.45) is 17.8 Å². The van der Waals surface area contributed by atoms with Gasteiger partial charge in [0.2, 0.25) is 0 Å². The number of carbonyl (C=O) groups excluding carboxylic acids is 3. The summed E-state index contributed by atoms with van der Waals surface area (Å²) in [7, 11) is 0. The van der Waals surface area contributed by atoms with Crippen LogP contribution in [0.2, 0.25) is 0 Å². The lowest BCUT2D eigenvalue weighted by Gasteiger charge is -2.56. The molecule has 7 heteroatoms. The van der Waals surface area contributed by atoms with Gasteiger partial charge in [-0.3, -0.25) is 10.1 Å². The molecular weight excluding hydrogens is 394 g/mol. The second kappa shape index (κ2) is 9.28. The molecule has 4 bridgehead atoms. The standard InChI is InChI=1S/C24H33N3O4/c1-2-3-8-25-20-7-5-4-6-19(20)22(29)31-15-21(28)26-23(30)27-24-12-16-9-17(13-24)11-18(10-16)14-24/h4-7,16-18,25H,2-3,8-15H2,1H3,(H2,26,27,28,30). The Morgan fingerprint density at radius 2 is 1.68 bits per heavy atom. The van der Waals surface area contributed by atoms with Gasteiger partial charge >= 0.3 is 12.0 Å². The van der Waals surface area contributed by atoms with Crippen LogP contribution in [0.5, 0.6) is 0 Å². The molecule has 0 heterocycles. The molecule has 1 aromatic rings. The number of benzene rings is 1. The number of urea groups is 1. The molecule has 0 spiro atoms. The monoisotopic (exact) mass is 427 g/mol. The van der Waals surface area contributed by atoms with Crippen LogP contribution in [0.15, 0.2) is 24.3 Å². The topological polar surface area (TPSA) is 96.5 Å². The summed E-state index contributed by atoms with van der Waals surface area (Å²) < 4.78 is 5.16. The smallest absolute Gasteiger partial charge is 0.340 e. The molecule has 0 saturated heterocycles. The first kappa shape index (κ1) is 21.7. The zero-order chi connectivity index (χ0) is 21.8. The minimum absolute atomic E-state index is 0.168. The number of amides is 3. The summed E-state index contributed by atoms with van der Waals surface area (Å²) in [5.41, 5.74) is 0.893. The Labute approximate surface area is 183 Å². The summed E-state index contributed by atoms with van der Waals surface area (Å²) in [5.74, 6) is 0.904. The molecule has 31 heavy (non-hydrogen) atoms. The molecule has 7 nitrogen and oxygen atoms in total. The lowest BCUT2D eigenvalue weighted by atomic mass is 9.53. The second-order valence-corrected chi connectivity index (χ2v) is 9.60. The Morgan fingerprint density at radius 1 is 1.03 bits per heavy atom. The molecule has 3 N–H and O–H groups in total. The fourth-order valence-electron chi connectivity index (χ4n) is 6.12. The number of esters is 1. The molecule has 4 aliphatic carbocycles. The Hall–Kier alpha value is -2.57. The van der Waals surface area contributed by atoms with Crippen LogP contribution in [0, 0.1) is 17.8 Å². The van der Waals surface area contributed by atoms with Gasteiger partial charge in [0.05, 0.1) is 5.56 Å². The highest BCUT2D eigenvalue weighted by atomic mass is 16.5. The molecule has 1 aromatic carbocycles. The fraction of sp³-hybridized carbons (Fsp3) is 0.625. The van der Waals surface area contributed by atoms with Crippen LogP contribution >= 0.6 is 0 Å². The first-order chi connectivity index (χ1) is 15.0. The van der Waals surface area contributed by atoms with Crippen LogP contribution in [0.25, 0.3) is 0 Å². The molecule has 0 radical (unpaired) electrons. The number of nitrogens with one attached hydrogen (secondary N) is 3. The molecule has 4 saturated carbocycles. The Balaban J connectivity index is 1.25. The zero-order valence-corrected chi connectivity index (χ0v) is 18.2. The van der Waals surface area contributed by atoms with Crippen molar-refractivity contribution >= 4 is 23.6 Å². The number of imide groups is 1. The molecule has 4 fully saturated rings. The molecule has 168 valence electrons. The first-order valence-electron chi connectivity index (χ1n) is 11.6. The predicted octanol–water partition coefficient (Wildman–Crippen LogP) is 3.85. The highest BCUT2D eigenvalue weighted by Gasteiger charge is 2.51. The van der Waals surface area contributed by atoms with Crippen LogP contribution in [0.4, 0.5) is 10.5 Å². The molecule has 0 unspecified atom stereocenters. The van der Waals surface area contributed by atoms with Crippen molar-refractivity contribution in [2.45, 2.75) is 63.8 Å². The number of carbonyl (C=O) groups is 3. The molecule has 5 rings (SSSR count). The van der Waals surface area contributed by atoms with Crippen molar-refractivity contribution in [3.05, 3.63) is 29.8 Å². The molecular formula is C24H33N3O4. The van der Waals surface area contributed by atoms with Crippen LogP contribution in [-0.2, 0) is 9.53 Å². The van der Waals surface area contributed by atoms with Crippen LogP contribution in [0.3, 0.4) is 0 Å². The van der Waals surface area contributed by atoms with Gasteiger partial charge < -0.3 is 15.4 Å². The molecule has 0 atom stereocenters. The van der Waals surface area contributed by atoms with Crippen LogP contribution in [-0.4, -0.2) is 36.6 Å². The van der Waals surface area contributed by atoms with Gasteiger partial charge in [0, 0.05) is 17.8 Å². The summed E-state index contributed by atoms with van der Waals surface area (Å²) >= 11 is 0. The number of rotatable bonds is 8. The van der Waals surface area contributed by atoms with Crippen molar-refractivity contribution in [3.8, 4) is 0 Å². The van der Waals surface area contributed by atoms with E-state index in [1.807, 2.05) is 12.1 Å². The minimum Gasteiger partial charge on any atom is -0.452 e. The van der Waals surface area contributed by atoms with Gasteiger partial charge in [-0.25, -0.2) is 9.59 Å². The maximum atomic E-state index is 12.5. The number of para-hydroxylation sites is 1. The maximum Gasteiger partial charge on any atom is 0.340 e. The Kier molecular flexibility index (Phi) is 6.49. The quantitative estimate of drug-likeness (QED) is 0.433. The highest BCUT2D eigenvalue weighted by Crippen LogP contribution is 2.55. The SMILES string of the molecule is CCCCNc1ccccc1C(=O)OCC(=O)NC(=O)NC12CC3CC(CC(C3)C1)C2. The van der Waals surface area contributed by atoms with Crippen molar-refractivity contribution in [1.82, 2.24) is 10.6 Å². The van der Waals surface area contributed by atoms with E-state index in [0.717, 1.165) is 38.6 Å². The molecule has 4 aliphatic rings. The summed E-state index contributed by atoms with van der Waals surface area (Å²) in [5, 5.41) is 8.65. The third-order valence-electron chi connectivity index (χ3n) is 7.00. The molecule has 0 aliphatic heterocycles.